The molecule has 0 saturated heterocycles. The largest absolute Gasteiger partial charge is 0.545 e. The van der Waals surface area contributed by atoms with Crippen LogP contribution < -0.4 is 5.11 Å². The van der Waals surface area contributed by atoms with Crippen LogP contribution in [0, 0.1) is 0 Å². The zero-order valence-electron chi connectivity index (χ0n) is 46.4. The van der Waals surface area contributed by atoms with Gasteiger partial charge in [0.15, 0.2) is 12.4 Å². The lowest BCUT2D eigenvalue weighted by Gasteiger charge is -2.26. The fraction of sp³-hybridized carbons (Fsp3) is 0.578. The Hall–Kier alpha value is -4.83. The van der Waals surface area contributed by atoms with Gasteiger partial charge in [-0.1, -0.05) is 211 Å². The third-order valence-electron chi connectivity index (χ3n) is 11.1. The van der Waals surface area contributed by atoms with Crippen molar-refractivity contribution in [1.29, 1.82) is 0 Å². The van der Waals surface area contributed by atoms with E-state index in [0.717, 1.165) is 103 Å². The molecule has 9 nitrogen and oxygen atoms in total. The molecule has 0 aromatic rings. The normalized spacial score (nSPS) is 13.9. The number of nitrogens with zero attached hydrogens (tertiary/aromatic N) is 1. The first-order valence-corrected chi connectivity index (χ1v) is 28.0. The molecule has 0 bridgehead atoms. The molecule has 410 valence electrons. The molecule has 2 atom stereocenters. The number of unbranched alkanes of at least 4 members (excludes halogenated alkanes) is 10. The Labute approximate surface area is 445 Å². The molecule has 9 heteroatoms. The average Bonchev–Trinajstić information content (AvgIpc) is 3.36. The van der Waals surface area contributed by atoms with Gasteiger partial charge in [-0.3, -0.25) is 9.59 Å². The smallest absolute Gasteiger partial charge is 0.306 e. The number of aliphatic carboxylic acids is 1. The molecular weight excluding hydrogens is 911 g/mol. The van der Waals surface area contributed by atoms with Crippen molar-refractivity contribution < 1.29 is 42.9 Å². The third kappa shape index (κ3) is 54.8. The predicted molar refractivity (Wildman–Crippen MR) is 306 cm³/mol. The molecule has 0 amide bonds. The second-order valence-corrected chi connectivity index (χ2v) is 19.1. The van der Waals surface area contributed by atoms with Crippen LogP contribution in [0.3, 0.4) is 0 Å². The molecule has 0 aliphatic heterocycles. The molecule has 0 aliphatic carbocycles. The molecule has 0 fully saturated rings. The van der Waals surface area contributed by atoms with Crippen LogP contribution in [0.2, 0.25) is 0 Å². The summed E-state index contributed by atoms with van der Waals surface area (Å²) in [4.78, 5) is 37.2. The highest BCUT2D eigenvalue weighted by molar-refractivity contribution is 5.70. The molecule has 2 unspecified atom stereocenters. The second-order valence-electron chi connectivity index (χ2n) is 19.1. The maximum Gasteiger partial charge on any atom is 0.306 e. The molecule has 0 N–H and O–H groups in total. The van der Waals surface area contributed by atoms with Crippen molar-refractivity contribution in [2.24, 2.45) is 0 Å². The summed E-state index contributed by atoms with van der Waals surface area (Å²) in [6.07, 6.45) is 74.8. The van der Waals surface area contributed by atoms with Gasteiger partial charge in [0.25, 0.3) is 0 Å². The van der Waals surface area contributed by atoms with Gasteiger partial charge in [-0.15, -0.1) is 0 Å². The third-order valence-corrected chi connectivity index (χ3v) is 11.1. The maximum atomic E-state index is 12.9. The Kier molecular flexibility index (Phi) is 49.9. The van der Waals surface area contributed by atoms with Crippen molar-refractivity contribution in [2.45, 2.75) is 193 Å². The molecule has 0 radical (unpaired) electrons. The number of esters is 2. The summed E-state index contributed by atoms with van der Waals surface area (Å²) in [5, 5.41) is 11.8. The van der Waals surface area contributed by atoms with Crippen molar-refractivity contribution in [3.8, 4) is 0 Å². The minimum Gasteiger partial charge on any atom is -0.545 e. The number of quaternary nitrogens is 1. The summed E-state index contributed by atoms with van der Waals surface area (Å²) >= 11 is 0. The molecule has 0 aliphatic rings. The van der Waals surface area contributed by atoms with E-state index in [0.29, 0.717) is 23.9 Å². The lowest BCUT2D eigenvalue weighted by molar-refractivity contribution is -0.870. The number of carbonyl (C=O) groups excluding carboxylic acids is 3. The summed E-state index contributed by atoms with van der Waals surface area (Å²) in [6, 6.07) is 0. The Morgan fingerprint density at radius 3 is 1.15 bits per heavy atom. The van der Waals surface area contributed by atoms with E-state index < -0.39 is 30.3 Å². The number of hydrogen-bond acceptors (Lipinski definition) is 8. The summed E-state index contributed by atoms with van der Waals surface area (Å²) in [5.41, 5.74) is 0. The van der Waals surface area contributed by atoms with E-state index >= 15 is 0 Å². The summed E-state index contributed by atoms with van der Waals surface area (Å²) < 4.78 is 22.6. The van der Waals surface area contributed by atoms with Gasteiger partial charge in [-0.05, 0) is 103 Å². The minimum absolute atomic E-state index is 0.127. The quantitative estimate of drug-likeness (QED) is 0.0195. The SMILES string of the molecule is CC/C=C\C/C=C\C/C=C\C/C=C\C/C=C\C/C=C\CCCCCCCCCCCCC(=O)OC(COC(=O)CC/C=C\C/C=C\C/C=C\C/C=C\C/C=C\C/C=C\CC)COC(OCC[N+](C)(C)C)C(=O)[O-]. The van der Waals surface area contributed by atoms with Gasteiger partial charge < -0.3 is 33.3 Å². The van der Waals surface area contributed by atoms with E-state index in [1.54, 1.807) is 0 Å². The van der Waals surface area contributed by atoms with Crippen molar-refractivity contribution in [3.05, 3.63) is 146 Å². The van der Waals surface area contributed by atoms with E-state index in [4.69, 9.17) is 18.9 Å². The van der Waals surface area contributed by atoms with Gasteiger partial charge in [0.05, 0.1) is 40.3 Å². The first-order chi connectivity index (χ1) is 35.6. The van der Waals surface area contributed by atoms with Gasteiger partial charge >= 0.3 is 11.9 Å². The first kappa shape index (κ1) is 68.2. The number of hydrogen-bond donors (Lipinski definition) is 0. The predicted octanol–water partition coefficient (Wildman–Crippen LogP) is 15.1. The fourth-order valence-corrected chi connectivity index (χ4v) is 6.86. The standard InChI is InChI=1S/C64H101NO8/c1-6-8-10-12-14-16-18-20-22-24-26-27-28-29-30-31-32-33-34-35-37-39-41-43-45-47-49-51-53-55-62(67)73-60(59-72-64(63(68)69)70-57-56-65(3,4)5)58-71-61(66)54-52-50-48-46-44-42-40-38-36-25-23-21-19-17-15-13-11-9-7-2/h8-11,14-17,20-23,26-27,29-30,32-33,36,38,42,44,48,50,60,64H,6-7,12-13,18-19,24-25,28,31,34-35,37,39-41,43,45-47,49,51-59H2,1-5H3/b10-8-,11-9-,16-14-,17-15-,22-20-,23-21-,27-26-,30-29-,33-32-,38-36-,44-42-,50-48-. The van der Waals surface area contributed by atoms with E-state index in [-0.39, 0.29) is 32.7 Å². The van der Waals surface area contributed by atoms with Gasteiger partial charge in [0, 0.05) is 12.8 Å². The highest BCUT2D eigenvalue weighted by Gasteiger charge is 2.21. The van der Waals surface area contributed by atoms with Gasteiger partial charge in [-0.25, -0.2) is 0 Å². The number of likely N-dealkylation sites (N-methyl/N-ethyl adjacent to an activating group) is 1. The van der Waals surface area contributed by atoms with Gasteiger partial charge in [-0.2, -0.15) is 0 Å². The number of rotatable bonds is 49. The molecular formula is C64H101NO8. The molecule has 0 saturated carbocycles. The number of allylic oxidation sites excluding steroid dienone is 24. The topological polar surface area (TPSA) is 111 Å². The lowest BCUT2D eigenvalue weighted by atomic mass is 10.0. The summed E-state index contributed by atoms with van der Waals surface area (Å²) in [5.74, 6) is -2.42. The van der Waals surface area contributed by atoms with Crippen molar-refractivity contribution in [2.75, 3.05) is 47.5 Å². The van der Waals surface area contributed by atoms with Crippen molar-refractivity contribution in [1.82, 2.24) is 0 Å². The van der Waals surface area contributed by atoms with Gasteiger partial charge in [0.2, 0.25) is 0 Å². The Balaban J connectivity index is 4.38. The Bertz CT molecular complexity index is 1700. The second kappa shape index (κ2) is 53.5. The summed E-state index contributed by atoms with van der Waals surface area (Å²) in [6.45, 7) is 4.40. The lowest BCUT2D eigenvalue weighted by Crippen LogP contribution is -2.44. The monoisotopic (exact) mass is 1010 g/mol. The van der Waals surface area contributed by atoms with Gasteiger partial charge in [0.1, 0.15) is 13.2 Å². The van der Waals surface area contributed by atoms with Crippen LogP contribution in [-0.2, 0) is 33.3 Å². The van der Waals surface area contributed by atoms with Crippen LogP contribution in [-0.4, -0.2) is 82.3 Å². The zero-order valence-corrected chi connectivity index (χ0v) is 46.4. The molecule has 0 spiro atoms. The van der Waals surface area contributed by atoms with Crippen LogP contribution in [0.1, 0.15) is 181 Å². The Morgan fingerprint density at radius 1 is 0.411 bits per heavy atom. The van der Waals surface area contributed by atoms with Crippen LogP contribution in [0.15, 0.2) is 146 Å². The zero-order chi connectivity index (χ0) is 53.4. The highest BCUT2D eigenvalue weighted by atomic mass is 16.7. The maximum absolute atomic E-state index is 12.9. The Morgan fingerprint density at radius 2 is 0.767 bits per heavy atom. The molecule has 0 aromatic heterocycles. The first-order valence-electron chi connectivity index (χ1n) is 28.0. The van der Waals surface area contributed by atoms with Crippen LogP contribution in [0.25, 0.3) is 0 Å². The molecule has 0 rings (SSSR count). The fourth-order valence-electron chi connectivity index (χ4n) is 6.86. The van der Waals surface area contributed by atoms with Crippen LogP contribution >= 0.6 is 0 Å². The average molecular weight is 1010 g/mol. The van der Waals surface area contributed by atoms with Crippen molar-refractivity contribution >= 4 is 17.9 Å². The van der Waals surface area contributed by atoms with E-state index in [9.17, 15) is 19.5 Å². The van der Waals surface area contributed by atoms with Crippen LogP contribution in [0.5, 0.6) is 0 Å². The number of carbonyl (C=O) groups is 3. The van der Waals surface area contributed by atoms with E-state index in [1.165, 1.54) is 38.5 Å². The number of carboxylic acids is 1. The van der Waals surface area contributed by atoms with E-state index in [1.807, 2.05) is 33.3 Å². The summed E-state index contributed by atoms with van der Waals surface area (Å²) in [7, 11) is 5.88. The molecule has 73 heavy (non-hydrogen) atoms. The number of ether oxygens (including phenoxy) is 4. The van der Waals surface area contributed by atoms with E-state index in [2.05, 4.69) is 148 Å². The minimum atomic E-state index is -1.65. The molecule has 0 heterocycles. The number of carboxylic acid groups (broad SMARTS) is 1. The highest BCUT2D eigenvalue weighted by Crippen LogP contribution is 2.14. The van der Waals surface area contributed by atoms with Crippen molar-refractivity contribution in [3.63, 3.8) is 0 Å². The molecule has 0 aromatic carbocycles. The van der Waals surface area contributed by atoms with Crippen LogP contribution in [0.4, 0.5) is 0 Å².